The van der Waals surface area contributed by atoms with Crippen LogP contribution in [0.5, 0.6) is 0 Å². The summed E-state index contributed by atoms with van der Waals surface area (Å²) in [5, 5.41) is 2.56. The van der Waals surface area contributed by atoms with Crippen LogP contribution in [0.25, 0.3) is 0 Å². The number of carbonyl (C=O) groups excluding carboxylic acids is 1. The van der Waals surface area contributed by atoms with E-state index in [2.05, 4.69) is 5.32 Å². The SMILES string of the molecule is O=CNC1CN(CS(=O)[O-])C1. The Balaban J connectivity index is 2.09. The number of amides is 1. The summed E-state index contributed by atoms with van der Waals surface area (Å²) in [6.45, 7) is 1.26. The van der Waals surface area contributed by atoms with Gasteiger partial charge in [-0.2, -0.15) is 0 Å². The Hall–Kier alpha value is -0.460. The summed E-state index contributed by atoms with van der Waals surface area (Å²) in [5.74, 6) is 0.0665. The number of rotatable bonds is 4. The average Bonchev–Trinajstić information content (AvgIpc) is 1.82. The summed E-state index contributed by atoms with van der Waals surface area (Å²) in [5.41, 5.74) is 0. The van der Waals surface area contributed by atoms with Gasteiger partial charge in [0.1, 0.15) is 0 Å². The van der Waals surface area contributed by atoms with Gasteiger partial charge in [0.25, 0.3) is 0 Å². The standard InChI is InChI=1S/C5H10N2O3S/c8-3-6-5-1-7(2-5)4-11(9)10/h3,5H,1-2,4H2,(H,6,8)(H,9,10)/p-1. The third kappa shape index (κ3) is 2.57. The molecule has 6 heteroatoms. The van der Waals surface area contributed by atoms with Gasteiger partial charge in [-0.05, 0) is 11.1 Å². The van der Waals surface area contributed by atoms with Crippen LogP contribution in [-0.2, 0) is 15.9 Å². The summed E-state index contributed by atoms with van der Waals surface area (Å²) in [6, 6.07) is 0.135. The first kappa shape index (κ1) is 8.63. The third-order valence-corrected chi connectivity index (χ3v) is 2.12. The fourth-order valence-electron chi connectivity index (χ4n) is 1.03. The van der Waals surface area contributed by atoms with Crippen LogP contribution in [0.1, 0.15) is 0 Å². The normalized spacial score (nSPS) is 22.3. The Labute approximate surface area is 67.0 Å². The molecule has 0 bridgehead atoms. The van der Waals surface area contributed by atoms with Gasteiger partial charge in [0.05, 0.1) is 11.9 Å². The highest BCUT2D eigenvalue weighted by Crippen LogP contribution is 2.06. The van der Waals surface area contributed by atoms with Crippen molar-refractivity contribution >= 4 is 17.5 Å². The maximum absolute atomic E-state index is 10.1. The number of hydrogen-bond acceptors (Lipinski definition) is 4. The van der Waals surface area contributed by atoms with Crippen LogP contribution in [0.2, 0.25) is 0 Å². The molecule has 1 aliphatic rings. The van der Waals surface area contributed by atoms with Gasteiger partial charge in [-0.15, -0.1) is 0 Å². The van der Waals surface area contributed by atoms with E-state index < -0.39 is 11.1 Å². The second-order valence-electron chi connectivity index (χ2n) is 2.45. The van der Waals surface area contributed by atoms with Crippen LogP contribution in [-0.4, -0.2) is 45.1 Å². The van der Waals surface area contributed by atoms with E-state index in [0.717, 1.165) is 0 Å². The Kier molecular flexibility index (Phi) is 2.98. The average molecular weight is 177 g/mol. The predicted octanol–water partition coefficient (Wildman–Crippen LogP) is -1.75. The monoisotopic (exact) mass is 177 g/mol. The molecule has 1 N–H and O–H groups in total. The Morgan fingerprint density at radius 1 is 1.73 bits per heavy atom. The molecule has 0 aliphatic carbocycles. The highest BCUT2D eigenvalue weighted by atomic mass is 32.2. The maximum atomic E-state index is 10.1. The summed E-state index contributed by atoms with van der Waals surface area (Å²) in [6.07, 6.45) is 0.635. The van der Waals surface area contributed by atoms with Crippen LogP contribution in [0.15, 0.2) is 0 Å². The van der Waals surface area contributed by atoms with Crippen molar-refractivity contribution in [3.05, 3.63) is 0 Å². The summed E-state index contributed by atoms with van der Waals surface area (Å²) >= 11 is -2.00. The van der Waals surface area contributed by atoms with E-state index in [-0.39, 0.29) is 11.9 Å². The van der Waals surface area contributed by atoms with Gasteiger partial charge in [0.2, 0.25) is 6.41 Å². The number of nitrogens with zero attached hydrogens (tertiary/aromatic N) is 1. The van der Waals surface area contributed by atoms with Crippen LogP contribution in [0.3, 0.4) is 0 Å². The molecule has 0 spiro atoms. The fraction of sp³-hybridized carbons (Fsp3) is 0.800. The summed E-state index contributed by atoms with van der Waals surface area (Å²) < 4.78 is 20.3. The zero-order valence-corrected chi connectivity index (χ0v) is 6.67. The van der Waals surface area contributed by atoms with E-state index in [0.29, 0.717) is 19.5 Å². The lowest BCUT2D eigenvalue weighted by atomic mass is 10.1. The van der Waals surface area contributed by atoms with Gasteiger partial charge in [-0.1, -0.05) is 0 Å². The summed E-state index contributed by atoms with van der Waals surface area (Å²) in [4.78, 5) is 11.6. The molecule has 5 nitrogen and oxygen atoms in total. The topological polar surface area (TPSA) is 72.5 Å². The van der Waals surface area contributed by atoms with Gasteiger partial charge in [0.15, 0.2) is 0 Å². The Bertz CT molecular complexity index is 169. The van der Waals surface area contributed by atoms with Gasteiger partial charge in [0, 0.05) is 13.1 Å². The van der Waals surface area contributed by atoms with Crippen molar-refractivity contribution in [1.29, 1.82) is 0 Å². The van der Waals surface area contributed by atoms with Crippen LogP contribution in [0.4, 0.5) is 0 Å². The highest BCUT2D eigenvalue weighted by molar-refractivity contribution is 7.79. The van der Waals surface area contributed by atoms with Crippen LogP contribution < -0.4 is 5.32 Å². The lowest BCUT2D eigenvalue weighted by Gasteiger charge is -2.38. The molecule has 11 heavy (non-hydrogen) atoms. The number of hydrogen-bond donors (Lipinski definition) is 1. The van der Waals surface area contributed by atoms with Crippen molar-refractivity contribution in [1.82, 2.24) is 10.2 Å². The van der Waals surface area contributed by atoms with Crippen molar-refractivity contribution in [2.24, 2.45) is 0 Å². The van der Waals surface area contributed by atoms with Crippen LogP contribution >= 0.6 is 0 Å². The molecule has 1 amide bonds. The van der Waals surface area contributed by atoms with E-state index in [1.807, 2.05) is 0 Å². The van der Waals surface area contributed by atoms with Crippen molar-refractivity contribution in [2.75, 3.05) is 19.0 Å². The molecule has 0 aromatic carbocycles. The van der Waals surface area contributed by atoms with Crippen molar-refractivity contribution < 1.29 is 13.6 Å². The van der Waals surface area contributed by atoms with Crippen molar-refractivity contribution in [2.45, 2.75) is 6.04 Å². The second kappa shape index (κ2) is 3.80. The predicted molar refractivity (Wildman–Crippen MR) is 38.3 cm³/mol. The first-order chi connectivity index (χ1) is 5.22. The molecule has 0 radical (unpaired) electrons. The van der Waals surface area contributed by atoms with E-state index in [1.54, 1.807) is 4.90 Å². The molecule has 1 heterocycles. The molecule has 1 atom stereocenters. The number of carbonyl (C=O) groups is 1. The van der Waals surface area contributed by atoms with Gasteiger partial charge in [-0.25, -0.2) is 0 Å². The van der Waals surface area contributed by atoms with E-state index in [4.69, 9.17) is 0 Å². The Morgan fingerprint density at radius 2 is 2.36 bits per heavy atom. The molecule has 0 saturated carbocycles. The molecule has 64 valence electrons. The lowest BCUT2D eigenvalue weighted by Crippen LogP contribution is -2.58. The molecular formula is C5H9N2O3S-. The maximum Gasteiger partial charge on any atom is 0.207 e. The molecule has 1 rings (SSSR count). The molecular weight excluding hydrogens is 168 g/mol. The lowest BCUT2D eigenvalue weighted by molar-refractivity contribution is -0.111. The van der Waals surface area contributed by atoms with Crippen molar-refractivity contribution in [3.8, 4) is 0 Å². The van der Waals surface area contributed by atoms with Gasteiger partial charge in [-0.3, -0.25) is 13.9 Å². The number of nitrogens with one attached hydrogen (secondary N) is 1. The molecule has 0 aromatic rings. The molecule has 0 aromatic heterocycles. The first-order valence-electron chi connectivity index (χ1n) is 3.20. The minimum absolute atomic E-state index is 0.0665. The third-order valence-electron chi connectivity index (χ3n) is 1.55. The smallest absolute Gasteiger partial charge is 0.207 e. The van der Waals surface area contributed by atoms with Gasteiger partial charge >= 0.3 is 0 Å². The molecule has 1 saturated heterocycles. The number of likely N-dealkylation sites (tertiary alicyclic amines) is 1. The molecule has 1 fully saturated rings. The Morgan fingerprint density at radius 3 is 2.82 bits per heavy atom. The minimum Gasteiger partial charge on any atom is -0.771 e. The van der Waals surface area contributed by atoms with Crippen LogP contribution in [0, 0.1) is 0 Å². The van der Waals surface area contributed by atoms with E-state index in [1.165, 1.54) is 0 Å². The van der Waals surface area contributed by atoms with Gasteiger partial charge < -0.3 is 9.87 Å². The zero-order chi connectivity index (χ0) is 8.27. The zero-order valence-electron chi connectivity index (χ0n) is 5.86. The minimum atomic E-state index is -2.00. The quantitative estimate of drug-likeness (QED) is 0.408. The van der Waals surface area contributed by atoms with Crippen molar-refractivity contribution in [3.63, 3.8) is 0 Å². The highest BCUT2D eigenvalue weighted by Gasteiger charge is 2.25. The second-order valence-corrected chi connectivity index (χ2v) is 3.32. The molecule has 1 aliphatic heterocycles. The first-order valence-corrected chi connectivity index (χ1v) is 4.44. The summed E-state index contributed by atoms with van der Waals surface area (Å²) in [7, 11) is 0. The van der Waals surface area contributed by atoms with E-state index >= 15 is 0 Å². The largest absolute Gasteiger partial charge is 0.771 e. The molecule has 1 unspecified atom stereocenters. The fourth-order valence-corrected chi connectivity index (χ4v) is 1.53. The van der Waals surface area contributed by atoms with E-state index in [9.17, 15) is 13.6 Å².